The quantitative estimate of drug-likeness (QED) is 0.192. The number of esters is 1. The normalized spacial score (nSPS) is 22.9. The van der Waals surface area contributed by atoms with E-state index < -0.39 is 56.4 Å². The number of alkyl halides is 2. The number of carbonyl (C=O) groups is 1. The Hall–Kier alpha value is -2.61. The maximum absolute atomic E-state index is 14.8. The molecule has 0 radical (unpaired) electrons. The van der Waals surface area contributed by atoms with Crippen LogP contribution in [0.15, 0.2) is 41.3 Å². The molecule has 2 aromatic rings. The van der Waals surface area contributed by atoms with Gasteiger partial charge in [-0.3, -0.25) is 13.9 Å². The van der Waals surface area contributed by atoms with Crippen LogP contribution in [0.1, 0.15) is 32.9 Å². The number of nitrogen functional groups attached to an aromatic ring is 1. The molecule has 4 N–H and O–H groups in total. The van der Waals surface area contributed by atoms with Gasteiger partial charge < -0.3 is 24.8 Å². The van der Waals surface area contributed by atoms with Crippen molar-refractivity contribution in [3.05, 3.63) is 52.0 Å². The zero-order valence-electron chi connectivity index (χ0n) is 20.5. The number of nitrogens with one attached hydrogen (secondary N) is 1. The highest BCUT2D eigenvalue weighted by Gasteiger charge is 2.60. The van der Waals surface area contributed by atoms with Crippen LogP contribution in [-0.4, -0.2) is 58.0 Å². The van der Waals surface area contributed by atoms with E-state index in [2.05, 4.69) is 10.1 Å². The molecule has 1 fully saturated rings. The summed E-state index contributed by atoms with van der Waals surface area (Å²) in [7, 11) is -4.46. The first-order chi connectivity index (χ1) is 17.9. The fourth-order valence-corrected chi connectivity index (χ4v) is 4.97. The van der Waals surface area contributed by atoms with E-state index in [1.54, 1.807) is 0 Å². The molecule has 2 unspecified atom stereocenters. The van der Waals surface area contributed by atoms with E-state index in [1.165, 1.54) is 31.2 Å². The number of rotatable bonds is 12. The standard InChI is InChI=1S/C22H28ClF2N4O8P/c1-3-4-11-34-19(31)13(2)28-38(33,37-15-7-5-14(23)6-8-15)35-12-16-18(30)22(24,25)20(36-16)29-10-9-17(26)27-21(29)32/h5-10,13,16,18,20,30H,3-4,11-12H2,1-2H3,(H,28,33)(H2,26,27,32)/t13-,16+,18?,20+,38?/m0/s1. The van der Waals surface area contributed by atoms with Crippen molar-refractivity contribution in [2.75, 3.05) is 18.9 Å². The molecule has 2 heterocycles. The Labute approximate surface area is 221 Å². The number of benzene rings is 1. The number of hydrogen-bond donors (Lipinski definition) is 3. The number of anilines is 1. The van der Waals surface area contributed by atoms with Gasteiger partial charge in [0.25, 0.3) is 0 Å². The summed E-state index contributed by atoms with van der Waals surface area (Å²) < 4.78 is 64.8. The van der Waals surface area contributed by atoms with Crippen molar-refractivity contribution in [2.45, 2.75) is 57.1 Å². The Morgan fingerprint density at radius 2 is 2.05 bits per heavy atom. The summed E-state index contributed by atoms with van der Waals surface area (Å²) >= 11 is 5.86. The number of halogens is 3. The van der Waals surface area contributed by atoms with Gasteiger partial charge in [-0.05, 0) is 43.7 Å². The van der Waals surface area contributed by atoms with Crippen molar-refractivity contribution in [2.24, 2.45) is 0 Å². The molecule has 1 aliphatic rings. The van der Waals surface area contributed by atoms with Gasteiger partial charge in [0.05, 0.1) is 13.2 Å². The van der Waals surface area contributed by atoms with Crippen LogP contribution in [0.4, 0.5) is 14.6 Å². The van der Waals surface area contributed by atoms with Crippen LogP contribution in [0, 0.1) is 0 Å². The van der Waals surface area contributed by atoms with Gasteiger partial charge in [-0.2, -0.15) is 18.9 Å². The second kappa shape index (κ2) is 12.5. The highest BCUT2D eigenvalue weighted by molar-refractivity contribution is 7.52. The van der Waals surface area contributed by atoms with Crippen molar-refractivity contribution in [3.8, 4) is 5.75 Å². The number of unbranched alkanes of at least 4 members (excludes halogenated alkanes) is 1. The van der Waals surface area contributed by atoms with Crippen LogP contribution in [-0.2, 0) is 23.4 Å². The van der Waals surface area contributed by atoms with Crippen LogP contribution in [0.3, 0.4) is 0 Å². The van der Waals surface area contributed by atoms with Crippen molar-refractivity contribution >= 4 is 31.1 Å². The van der Waals surface area contributed by atoms with E-state index in [0.717, 1.165) is 18.7 Å². The largest absolute Gasteiger partial charge is 0.465 e. The van der Waals surface area contributed by atoms with Gasteiger partial charge >= 0.3 is 25.3 Å². The molecule has 0 aliphatic carbocycles. The number of aliphatic hydroxyl groups is 1. The third-order valence-electron chi connectivity index (χ3n) is 5.38. The van der Waals surface area contributed by atoms with Crippen LogP contribution < -0.4 is 21.0 Å². The zero-order chi connectivity index (χ0) is 28.1. The van der Waals surface area contributed by atoms with Crippen LogP contribution >= 0.6 is 19.3 Å². The van der Waals surface area contributed by atoms with Gasteiger partial charge in [0.15, 0.2) is 6.10 Å². The van der Waals surface area contributed by atoms with Gasteiger partial charge in [-0.25, -0.2) is 9.36 Å². The maximum Gasteiger partial charge on any atom is 0.459 e. The summed E-state index contributed by atoms with van der Waals surface area (Å²) in [5.41, 5.74) is 4.27. The molecule has 1 saturated heterocycles. The summed E-state index contributed by atoms with van der Waals surface area (Å²) in [6.45, 7) is 2.52. The molecule has 0 amide bonds. The number of hydrogen-bond acceptors (Lipinski definition) is 10. The van der Waals surface area contributed by atoms with Gasteiger partial charge in [-0.15, -0.1) is 0 Å². The van der Waals surface area contributed by atoms with E-state index in [1.807, 2.05) is 6.92 Å². The Bertz CT molecular complexity index is 1220. The molecule has 3 rings (SSSR count). The minimum absolute atomic E-state index is 0.0207. The van der Waals surface area contributed by atoms with Crippen molar-refractivity contribution in [1.82, 2.24) is 14.6 Å². The molecule has 1 aliphatic heterocycles. The molecule has 0 bridgehead atoms. The second-order valence-corrected chi connectivity index (χ2v) is 10.5. The highest BCUT2D eigenvalue weighted by atomic mass is 35.5. The monoisotopic (exact) mass is 580 g/mol. The van der Waals surface area contributed by atoms with Crippen LogP contribution in [0.25, 0.3) is 0 Å². The Balaban J connectivity index is 1.78. The average Bonchev–Trinajstić information content (AvgIpc) is 3.08. The first-order valence-corrected chi connectivity index (χ1v) is 13.5. The summed E-state index contributed by atoms with van der Waals surface area (Å²) in [4.78, 5) is 27.7. The van der Waals surface area contributed by atoms with E-state index in [0.29, 0.717) is 16.0 Å². The third kappa shape index (κ3) is 7.28. The van der Waals surface area contributed by atoms with Crippen LogP contribution in [0.2, 0.25) is 5.02 Å². The van der Waals surface area contributed by atoms with E-state index in [-0.39, 0.29) is 18.2 Å². The number of aliphatic hydroxyl groups excluding tert-OH is 1. The number of nitrogens with zero attached hydrogens (tertiary/aromatic N) is 2. The summed E-state index contributed by atoms with van der Waals surface area (Å²) in [5, 5.41) is 13.0. The smallest absolute Gasteiger partial charge is 0.459 e. The van der Waals surface area contributed by atoms with Crippen LogP contribution in [0.5, 0.6) is 5.75 Å². The predicted octanol–water partition coefficient (Wildman–Crippen LogP) is 2.90. The molecule has 210 valence electrons. The Morgan fingerprint density at radius 1 is 1.37 bits per heavy atom. The molecule has 1 aromatic carbocycles. The number of aromatic nitrogens is 2. The number of ether oxygens (including phenoxy) is 2. The number of nitrogens with two attached hydrogens (primary N) is 1. The Kier molecular flexibility index (Phi) is 9.85. The lowest BCUT2D eigenvalue weighted by atomic mass is 10.1. The van der Waals surface area contributed by atoms with Crippen molar-refractivity contribution in [1.29, 1.82) is 0 Å². The number of carbonyl (C=O) groups excluding carboxylic acids is 1. The molecule has 16 heteroatoms. The third-order valence-corrected chi connectivity index (χ3v) is 7.27. The van der Waals surface area contributed by atoms with Crippen molar-refractivity contribution < 1.29 is 41.8 Å². The Morgan fingerprint density at radius 3 is 2.68 bits per heavy atom. The minimum Gasteiger partial charge on any atom is -0.465 e. The highest BCUT2D eigenvalue weighted by Crippen LogP contribution is 2.48. The first kappa shape index (κ1) is 29.9. The molecule has 0 spiro atoms. The predicted molar refractivity (Wildman–Crippen MR) is 132 cm³/mol. The SMILES string of the molecule is CCCCOC(=O)[C@H](C)NP(=O)(OC[C@H]1O[C@@H](n2ccc(N)nc2=O)C(F)(F)C1O)Oc1ccc(Cl)cc1. The fraction of sp³-hybridized carbons (Fsp3) is 0.500. The first-order valence-electron chi connectivity index (χ1n) is 11.6. The lowest BCUT2D eigenvalue weighted by Gasteiger charge is -2.24. The van der Waals surface area contributed by atoms with E-state index in [9.17, 15) is 28.0 Å². The van der Waals surface area contributed by atoms with Crippen molar-refractivity contribution in [3.63, 3.8) is 0 Å². The minimum atomic E-state index is -4.46. The second-order valence-electron chi connectivity index (χ2n) is 8.40. The summed E-state index contributed by atoms with van der Waals surface area (Å²) in [5.74, 6) is -4.88. The molecule has 12 nitrogen and oxygen atoms in total. The van der Waals surface area contributed by atoms with E-state index >= 15 is 0 Å². The molecular formula is C22H28ClF2N4O8P. The lowest BCUT2D eigenvalue weighted by Crippen LogP contribution is -2.42. The van der Waals surface area contributed by atoms with Gasteiger partial charge in [0.1, 0.15) is 23.7 Å². The lowest BCUT2D eigenvalue weighted by molar-refractivity contribution is -0.145. The molecule has 1 aromatic heterocycles. The van der Waals surface area contributed by atoms with Gasteiger partial charge in [0, 0.05) is 11.2 Å². The van der Waals surface area contributed by atoms with Gasteiger partial charge in [0.2, 0.25) is 6.23 Å². The fourth-order valence-electron chi connectivity index (χ4n) is 3.34. The zero-order valence-corrected chi connectivity index (χ0v) is 22.1. The van der Waals surface area contributed by atoms with Gasteiger partial charge in [-0.1, -0.05) is 24.9 Å². The molecule has 0 saturated carbocycles. The summed E-state index contributed by atoms with van der Waals surface area (Å²) in [6.07, 6.45) is -4.12. The molecule has 5 atom stereocenters. The summed E-state index contributed by atoms with van der Waals surface area (Å²) in [6, 6.07) is 5.55. The topological polar surface area (TPSA) is 164 Å². The average molecular weight is 581 g/mol. The van der Waals surface area contributed by atoms with E-state index in [4.69, 9.17) is 35.9 Å². The maximum atomic E-state index is 14.8. The molecule has 38 heavy (non-hydrogen) atoms. The molecular weight excluding hydrogens is 553 g/mol.